The predicted molar refractivity (Wildman–Crippen MR) is 77.7 cm³/mol. The number of rotatable bonds is 4. The summed E-state index contributed by atoms with van der Waals surface area (Å²) in [5.74, 6) is 0.244. The van der Waals surface area contributed by atoms with Crippen LogP contribution in [0.25, 0.3) is 6.08 Å². The van der Waals surface area contributed by atoms with Gasteiger partial charge in [0.2, 0.25) is 5.78 Å². The lowest BCUT2D eigenvalue weighted by Gasteiger charge is -2.28. The van der Waals surface area contributed by atoms with E-state index in [9.17, 15) is 9.59 Å². The summed E-state index contributed by atoms with van der Waals surface area (Å²) in [7, 11) is 1.48. The van der Waals surface area contributed by atoms with Gasteiger partial charge in [-0.15, -0.1) is 0 Å². The fraction of sp³-hybridized carbons (Fsp3) is 0.375. The molecular formula is C16H18O5. The van der Waals surface area contributed by atoms with E-state index in [1.165, 1.54) is 14.0 Å². The third kappa shape index (κ3) is 3.42. The number of methoxy groups -OCH3 is 1. The zero-order valence-electron chi connectivity index (χ0n) is 12.6. The van der Waals surface area contributed by atoms with E-state index in [0.29, 0.717) is 17.1 Å². The van der Waals surface area contributed by atoms with Gasteiger partial charge < -0.3 is 14.2 Å². The Morgan fingerprint density at radius 1 is 1.29 bits per heavy atom. The van der Waals surface area contributed by atoms with Crippen molar-refractivity contribution in [1.82, 2.24) is 0 Å². The lowest BCUT2D eigenvalue weighted by molar-refractivity contribution is -0.139. The Morgan fingerprint density at radius 3 is 2.62 bits per heavy atom. The van der Waals surface area contributed by atoms with E-state index in [1.54, 1.807) is 12.1 Å². The third-order valence-electron chi connectivity index (χ3n) is 3.08. The molecule has 0 spiro atoms. The van der Waals surface area contributed by atoms with Crippen LogP contribution in [0.1, 0.15) is 36.7 Å². The molecule has 0 aliphatic carbocycles. The molecule has 1 heterocycles. The molecule has 1 aliphatic rings. The van der Waals surface area contributed by atoms with Crippen LogP contribution in [0.15, 0.2) is 18.2 Å². The average molecular weight is 290 g/mol. The molecular weight excluding hydrogens is 272 g/mol. The molecule has 0 atom stereocenters. The van der Waals surface area contributed by atoms with Crippen LogP contribution in [0.4, 0.5) is 0 Å². The Bertz CT molecular complexity index is 613. The quantitative estimate of drug-likeness (QED) is 0.630. The second-order valence-corrected chi connectivity index (χ2v) is 5.33. The molecule has 0 N–H and O–H groups in total. The van der Waals surface area contributed by atoms with Crippen molar-refractivity contribution >= 4 is 17.8 Å². The van der Waals surface area contributed by atoms with Gasteiger partial charge in [0.15, 0.2) is 6.61 Å². The summed E-state index contributed by atoms with van der Waals surface area (Å²) in [5, 5.41) is 0. The Hall–Kier alpha value is -2.30. The zero-order chi connectivity index (χ0) is 15.6. The monoisotopic (exact) mass is 290 g/mol. The van der Waals surface area contributed by atoms with E-state index in [2.05, 4.69) is 0 Å². The first-order chi connectivity index (χ1) is 9.82. The molecule has 0 amide bonds. The summed E-state index contributed by atoms with van der Waals surface area (Å²) in [6, 6.07) is 3.37. The van der Waals surface area contributed by atoms with Crippen molar-refractivity contribution in [1.29, 1.82) is 0 Å². The molecule has 0 aromatic heterocycles. The van der Waals surface area contributed by atoms with Gasteiger partial charge in [0.1, 0.15) is 17.1 Å². The lowest BCUT2D eigenvalue weighted by atomic mass is 9.99. The van der Waals surface area contributed by atoms with Crippen LogP contribution in [0.5, 0.6) is 11.5 Å². The summed E-state index contributed by atoms with van der Waals surface area (Å²) in [6.45, 7) is 4.84. The fourth-order valence-corrected chi connectivity index (χ4v) is 2.04. The highest BCUT2D eigenvalue weighted by Gasteiger charge is 2.24. The van der Waals surface area contributed by atoms with Gasteiger partial charge in [-0.2, -0.15) is 0 Å². The van der Waals surface area contributed by atoms with Gasteiger partial charge >= 0.3 is 5.97 Å². The Morgan fingerprint density at radius 2 is 2.00 bits per heavy atom. The minimum absolute atomic E-state index is 0.305. The highest BCUT2D eigenvalue weighted by molar-refractivity contribution is 6.01. The highest BCUT2D eigenvalue weighted by atomic mass is 16.5. The number of hydrogen-bond donors (Lipinski definition) is 0. The van der Waals surface area contributed by atoms with Crippen molar-refractivity contribution in [2.45, 2.75) is 26.4 Å². The van der Waals surface area contributed by atoms with Crippen LogP contribution in [0.2, 0.25) is 0 Å². The molecule has 1 aromatic carbocycles. The van der Waals surface area contributed by atoms with Crippen molar-refractivity contribution < 1.29 is 23.8 Å². The van der Waals surface area contributed by atoms with Gasteiger partial charge in [0.25, 0.3) is 0 Å². The maximum Gasteiger partial charge on any atom is 0.303 e. The first-order valence-electron chi connectivity index (χ1n) is 6.59. The van der Waals surface area contributed by atoms with E-state index in [4.69, 9.17) is 14.2 Å². The first kappa shape index (κ1) is 15.1. The largest absolute Gasteiger partial charge is 0.496 e. The number of carbonyl (C=O) groups is 2. The third-order valence-corrected chi connectivity index (χ3v) is 3.08. The molecule has 0 saturated carbocycles. The smallest absolute Gasteiger partial charge is 0.303 e. The molecule has 1 aromatic rings. The van der Waals surface area contributed by atoms with Crippen molar-refractivity contribution in [3.63, 3.8) is 0 Å². The topological polar surface area (TPSA) is 61.8 Å². The number of Topliss-reactive ketones (excluding diaryl/α,β-unsaturated/α-hetero) is 1. The van der Waals surface area contributed by atoms with E-state index < -0.39 is 11.6 Å². The van der Waals surface area contributed by atoms with Crippen molar-refractivity contribution in [3.05, 3.63) is 29.3 Å². The van der Waals surface area contributed by atoms with Crippen LogP contribution in [-0.2, 0) is 9.53 Å². The molecule has 0 saturated heterocycles. The summed E-state index contributed by atoms with van der Waals surface area (Å²) in [5.41, 5.74) is 0.758. The average Bonchev–Trinajstić information content (AvgIpc) is 2.42. The first-order valence-corrected chi connectivity index (χ1v) is 6.59. The van der Waals surface area contributed by atoms with E-state index >= 15 is 0 Å². The molecule has 0 fully saturated rings. The van der Waals surface area contributed by atoms with Gasteiger partial charge in [-0.25, -0.2) is 0 Å². The Kier molecular flexibility index (Phi) is 4.02. The standard InChI is InChI=1S/C16H18O5/c1-10(17)20-9-13(18)12-7-11-5-6-16(2,3)21-14(11)8-15(12)19-4/h5-8H,9H2,1-4H3. The number of esters is 1. The SMILES string of the molecule is COc1cc2c(cc1C(=O)COC(C)=O)C=CC(C)(C)O2. The molecule has 5 nitrogen and oxygen atoms in total. The Labute approximate surface area is 123 Å². The van der Waals surface area contributed by atoms with Gasteiger partial charge in [-0.3, -0.25) is 9.59 Å². The van der Waals surface area contributed by atoms with Crippen LogP contribution in [0, 0.1) is 0 Å². The maximum absolute atomic E-state index is 12.1. The number of ketones is 1. The molecule has 21 heavy (non-hydrogen) atoms. The minimum atomic E-state index is -0.495. The lowest BCUT2D eigenvalue weighted by Crippen LogP contribution is -2.27. The van der Waals surface area contributed by atoms with Crippen molar-refractivity contribution in [3.8, 4) is 11.5 Å². The van der Waals surface area contributed by atoms with E-state index in [-0.39, 0.29) is 12.4 Å². The van der Waals surface area contributed by atoms with Crippen LogP contribution in [-0.4, -0.2) is 31.1 Å². The summed E-state index contributed by atoms with van der Waals surface area (Å²) in [4.78, 5) is 22.9. The number of hydrogen-bond acceptors (Lipinski definition) is 5. The number of benzene rings is 1. The molecule has 0 radical (unpaired) electrons. The molecule has 5 heteroatoms. The second kappa shape index (κ2) is 5.60. The summed E-state index contributed by atoms with van der Waals surface area (Å²) in [6.07, 6.45) is 3.82. The Balaban J connectivity index is 2.35. The van der Waals surface area contributed by atoms with Crippen molar-refractivity contribution in [2.75, 3.05) is 13.7 Å². The van der Waals surface area contributed by atoms with Gasteiger partial charge in [0, 0.05) is 18.6 Å². The zero-order valence-corrected chi connectivity index (χ0v) is 12.6. The maximum atomic E-state index is 12.1. The fourth-order valence-electron chi connectivity index (χ4n) is 2.04. The summed E-state index contributed by atoms with van der Waals surface area (Å²) < 4.78 is 15.8. The van der Waals surface area contributed by atoms with Gasteiger partial charge in [-0.1, -0.05) is 6.08 Å². The normalized spacial score (nSPS) is 14.9. The van der Waals surface area contributed by atoms with Gasteiger partial charge in [-0.05, 0) is 26.0 Å². The van der Waals surface area contributed by atoms with Crippen molar-refractivity contribution in [2.24, 2.45) is 0 Å². The minimum Gasteiger partial charge on any atom is -0.496 e. The van der Waals surface area contributed by atoms with Crippen LogP contribution >= 0.6 is 0 Å². The van der Waals surface area contributed by atoms with Gasteiger partial charge in [0.05, 0.1) is 12.7 Å². The number of carbonyl (C=O) groups excluding carboxylic acids is 2. The van der Waals surface area contributed by atoms with Crippen LogP contribution < -0.4 is 9.47 Å². The second-order valence-electron chi connectivity index (χ2n) is 5.33. The number of fused-ring (bicyclic) bond motifs is 1. The van der Waals surface area contributed by atoms with Crippen LogP contribution in [0.3, 0.4) is 0 Å². The molecule has 1 aliphatic heterocycles. The van der Waals surface area contributed by atoms with E-state index in [0.717, 1.165) is 5.56 Å². The molecule has 2 rings (SSSR count). The highest BCUT2D eigenvalue weighted by Crippen LogP contribution is 2.36. The molecule has 0 bridgehead atoms. The van der Waals surface area contributed by atoms with E-state index in [1.807, 2.05) is 26.0 Å². The molecule has 0 unspecified atom stereocenters. The predicted octanol–water partition coefficient (Wildman–Crippen LogP) is 2.63. The summed E-state index contributed by atoms with van der Waals surface area (Å²) >= 11 is 0. The molecule has 112 valence electrons. The number of ether oxygens (including phenoxy) is 3.